The smallest absolute Gasteiger partial charge is 0.407 e. The van der Waals surface area contributed by atoms with Crippen LogP contribution in [-0.4, -0.2) is 107 Å². The fourth-order valence-electron chi connectivity index (χ4n) is 6.39. The molecule has 0 unspecified atom stereocenters. The van der Waals surface area contributed by atoms with E-state index in [2.05, 4.69) is 36.2 Å². The fourth-order valence-corrected chi connectivity index (χ4v) is 8.19. The molecule has 67 heavy (non-hydrogen) atoms. The van der Waals surface area contributed by atoms with Crippen LogP contribution in [0.2, 0.25) is 0 Å². The van der Waals surface area contributed by atoms with Gasteiger partial charge in [0.2, 0.25) is 5.91 Å². The predicted octanol–water partition coefficient (Wildman–Crippen LogP) is 8.08. The van der Waals surface area contributed by atoms with Gasteiger partial charge in [0, 0.05) is 62.9 Å². The summed E-state index contributed by atoms with van der Waals surface area (Å²) in [4.78, 5) is 80.2. The number of thiazole rings is 3. The molecule has 5 aromatic rings. The number of rotatable bonds is 21. The Kier molecular flexibility index (Phi) is 28.4. The average molecular weight is 1090 g/mol. The molecule has 0 aliphatic carbocycles. The summed E-state index contributed by atoms with van der Waals surface area (Å²) in [5.41, 5.74) is 7.29. The lowest BCUT2D eigenvalue weighted by Gasteiger charge is -2.28. The number of carboxylic acids is 1. The molecule has 16 nitrogen and oxygen atoms in total. The predicted molar refractivity (Wildman–Crippen MR) is 278 cm³/mol. The Balaban J connectivity index is 0.000000905. The van der Waals surface area contributed by atoms with Crippen molar-refractivity contribution >= 4 is 96.4 Å². The van der Waals surface area contributed by atoms with Crippen LogP contribution in [-0.2, 0) is 46.9 Å². The first kappa shape index (κ1) is 59.9. The summed E-state index contributed by atoms with van der Waals surface area (Å²) in [5.74, 6) is -1.57. The molecule has 3 radical (unpaired) electrons. The molecule has 363 valence electrons. The van der Waals surface area contributed by atoms with E-state index in [1.165, 1.54) is 38.9 Å². The standard InChI is InChI=1S/C34H42N6O4S2.C11H17N3O3S.CH4.B.HI/c1-24(2)31(39-33(42)40(3)20-29-18-35-22-45-29)32(41)37-27(16-25-10-6-4-7-11-25)14-15-28(17-26-12-8-5-9-13-26)38-34(43)44-21-30-19-36-23-46-30;1-7(2)9(10(15)16)13-11(17)14(3)5-8-4-12-6-18-8;;;/h4-13,18-19,22-24,27-28,31H,14-17,20-21H2,1-3H3,(H,37,41)(H,38,43)(H,39,42);4,6-7,9H,5H2,1-3H3,(H,13,17)(H,15,16);1H4;;1H/t27-,28-,31-;9-;;;/m00.../s1. The molecule has 6 amide bonds. The molecule has 3 heterocycles. The lowest BCUT2D eigenvalue weighted by Crippen LogP contribution is -2.54. The van der Waals surface area contributed by atoms with Crippen molar-refractivity contribution in [2.75, 3.05) is 14.1 Å². The van der Waals surface area contributed by atoms with Gasteiger partial charge in [-0.1, -0.05) is 95.8 Å². The maximum atomic E-state index is 13.7. The Morgan fingerprint density at radius 3 is 1.42 bits per heavy atom. The van der Waals surface area contributed by atoms with Crippen molar-refractivity contribution in [1.29, 1.82) is 0 Å². The van der Waals surface area contributed by atoms with Gasteiger partial charge in [-0.15, -0.1) is 58.0 Å². The third-order valence-electron chi connectivity index (χ3n) is 9.90. The molecule has 4 atom stereocenters. The molecule has 2 aromatic carbocycles. The summed E-state index contributed by atoms with van der Waals surface area (Å²) in [7, 11) is 3.32. The number of alkyl carbamates (subject to hydrolysis) is 1. The maximum absolute atomic E-state index is 13.7. The number of halogens is 1. The molecule has 21 heteroatoms. The van der Waals surface area contributed by atoms with E-state index in [9.17, 15) is 24.0 Å². The van der Waals surface area contributed by atoms with Gasteiger partial charge in [0.1, 0.15) is 18.7 Å². The quantitative estimate of drug-likeness (QED) is 0.0353. The van der Waals surface area contributed by atoms with Crippen LogP contribution in [0.3, 0.4) is 0 Å². The first-order valence-electron chi connectivity index (χ1n) is 20.9. The molecular weight excluding hydrogens is 1020 g/mol. The number of aliphatic carboxylic acids is 1. The van der Waals surface area contributed by atoms with Gasteiger partial charge >= 0.3 is 24.1 Å². The largest absolute Gasteiger partial charge is 0.480 e. The topological polar surface area (TPSA) is 208 Å². The van der Waals surface area contributed by atoms with Gasteiger partial charge in [0.25, 0.3) is 0 Å². The van der Waals surface area contributed by atoms with Gasteiger partial charge < -0.3 is 40.9 Å². The zero-order valence-corrected chi connectivity index (χ0v) is 42.8. The van der Waals surface area contributed by atoms with Crippen LogP contribution in [0, 0.1) is 11.8 Å². The number of carbonyl (C=O) groups is 5. The number of hydrogen-bond acceptors (Lipinski definition) is 12. The lowest BCUT2D eigenvalue weighted by molar-refractivity contribution is -0.140. The Morgan fingerprint density at radius 1 is 0.627 bits per heavy atom. The van der Waals surface area contributed by atoms with Gasteiger partial charge in [0.05, 0.1) is 34.5 Å². The minimum Gasteiger partial charge on any atom is -0.480 e. The van der Waals surface area contributed by atoms with Crippen molar-refractivity contribution < 1.29 is 33.8 Å². The van der Waals surface area contributed by atoms with Crippen molar-refractivity contribution in [1.82, 2.24) is 46.0 Å². The molecule has 0 bridgehead atoms. The summed E-state index contributed by atoms with van der Waals surface area (Å²) in [5, 5.41) is 20.7. The number of amides is 6. The minimum atomic E-state index is -1.02. The van der Waals surface area contributed by atoms with E-state index >= 15 is 0 Å². The highest BCUT2D eigenvalue weighted by atomic mass is 127. The maximum Gasteiger partial charge on any atom is 0.407 e. The van der Waals surface area contributed by atoms with E-state index in [0.29, 0.717) is 38.8 Å². The van der Waals surface area contributed by atoms with Crippen molar-refractivity contribution in [2.45, 2.75) is 105 Å². The Morgan fingerprint density at radius 2 is 1.03 bits per heavy atom. The van der Waals surface area contributed by atoms with Crippen LogP contribution in [0.4, 0.5) is 14.4 Å². The number of carbonyl (C=O) groups excluding carboxylic acids is 4. The lowest BCUT2D eigenvalue weighted by atomic mass is 9.95. The zero-order valence-electron chi connectivity index (χ0n) is 38.0. The summed E-state index contributed by atoms with van der Waals surface area (Å²) < 4.78 is 5.47. The molecule has 3 aromatic heterocycles. The summed E-state index contributed by atoms with van der Waals surface area (Å²) in [6, 6.07) is 17.2. The number of ether oxygens (including phenoxy) is 1. The molecule has 0 fully saturated rings. The van der Waals surface area contributed by atoms with Gasteiger partial charge in [0.15, 0.2) is 0 Å². The molecule has 0 aliphatic rings. The Labute approximate surface area is 425 Å². The summed E-state index contributed by atoms with van der Waals surface area (Å²) in [6.45, 7) is 8.31. The highest BCUT2D eigenvalue weighted by molar-refractivity contribution is 14.0. The van der Waals surface area contributed by atoms with Crippen LogP contribution in [0.5, 0.6) is 0 Å². The van der Waals surface area contributed by atoms with Crippen LogP contribution < -0.4 is 21.3 Å². The number of nitrogens with one attached hydrogen (secondary N) is 4. The molecule has 5 N–H and O–H groups in total. The second-order valence-corrected chi connectivity index (χ2v) is 18.8. The van der Waals surface area contributed by atoms with E-state index in [0.717, 1.165) is 25.8 Å². The van der Waals surface area contributed by atoms with Gasteiger partial charge in [-0.25, -0.2) is 19.2 Å². The SMILES string of the molecule is C.CC(C)[C@H](NC(=O)N(C)Cc1cncs1)C(=O)N[C@@H](CC[C@@H](Cc1ccccc1)NC(=O)OCc1cncs1)Cc1ccccc1.CC(C)[C@H](NC(=O)N(C)Cc1cncs1)C(=O)O.I.[B]. The molecule has 5 rings (SSSR count). The van der Waals surface area contributed by atoms with Crippen molar-refractivity contribution in [2.24, 2.45) is 11.8 Å². The van der Waals surface area contributed by atoms with E-state index < -0.39 is 30.2 Å². The average Bonchev–Trinajstić information content (AvgIpc) is 4.09. The molecular formula is C46H64BIN9O7S3. The number of urea groups is 2. The van der Waals surface area contributed by atoms with Crippen LogP contribution >= 0.6 is 58.0 Å². The monoisotopic (exact) mass is 1090 g/mol. The summed E-state index contributed by atoms with van der Waals surface area (Å²) in [6.07, 6.45) is 7.01. The number of nitrogens with zero attached hydrogens (tertiary/aromatic N) is 5. The van der Waals surface area contributed by atoms with E-state index in [1.807, 2.05) is 74.5 Å². The Hall–Kier alpha value is -5.13. The molecule has 0 saturated heterocycles. The molecule has 0 aliphatic heterocycles. The van der Waals surface area contributed by atoms with Crippen LogP contribution in [0.15, 0.2) is 95.8 Å². The van der Waals surface area contributed by atoms with Gasteiger partial charge in [-0.05, 0) is 48.6 Å². The number of aromatic nitrogens is 3. The number of hydrogen-bond donors (Lipinski definition) is 5. The minimum absolute atomic E-state index is 0. The van der Waals surface area contributed by atoms with Gasteiger partial charge in [-0.2, -0.15) is 0 Å². The van der Waals surface area contributed by atoms with E-state index in [-0.39, 0.29) is 82.3 Å². The third kappa shape index (κ3) is 22.0. The molecule has 0 spiro atoms. The number of benzene rings is 2. The first-order chi connectivity index (χ1) is 30.7. The normalized spacial score (nSPS) is 12.2. The van der Waals surface area contributed by atoms with Crippen LogP contribution in [0.25, 0.3) is 0 Å². The molecule has 0 saturated carbocycles. The second-order valence-electron chi connectivity index (χ2n) is 15.9. The third-order valence-corrected chi connectivity index (χ3v) is 12.2. The highest BCUT2D eigenvalue weighted by Crippen LogP contribution is 2.16. The first-order valence-corrected chi connectivity index (χ1v) is 23.5. The van der Waals surface area contributed by atoms with Crippen molar-refractivity contribution in [3.8, 4) is 0 Å². The van der Waals surface area contributed by atoms with Crippen LogP contribution in [0.1, 0.15) is 73.7 Å². The highest BCUT2D eigenvalue weighted by Gasteiger charge is 2.29. The Bertz CT molecular complexity index is 2140. The van der Waals surface area contributed by atoms with E-state index in [4.69, 9.17) is 9.84 Å². The van der Waals surface area contributed by atoms with Gasteiger partial charge in [-0.3, -0.25) is 19.7 Å². The number of carboxylic acid groups (broad SMARTS) is 1. The fraction of sp³-hybridized carbons (Fsp3) is 0.435. The van der Waals surface area contributed by atoms with Crippen molar-refractivity contribution in [3.63, 3.8) is 0 Å². The zero-order chi connectivity index (χ0) is 46.4. The van der Waals surface area contributed by atoms with E-state index in [1.54, 1.807) is 68.0 Å². The van der Waals surface area contributed by atoms with Crippen molar-refractivity contribution in [3.05, 3.63) is 122 Å². The second kappa shape index (κ2) is 31.8. The summed E-state index contributed by atoms with van der Waals surface area (Å²) >= 11 is 4.36.